The Hall–Kier alpha value is -1.08. The molecule has 1 aliphatic heterocycles. The number of nitrogens with one attached hydrogen (secondary N) is 1. The second kappa shape index (κ2) is 4.42. The highest BCUT2D eigenvalue weighted by Crippen LogP contribution is 2.33. The van der Waals surface area contributed by atoms with Crippen LogP contribution in [0.4, 0.5) is 0 Å². The van der Waals surface area contributed by atoms with Gasteiger partial charge in [-0.25, -0.2) is 0 Å². The number of benzene rings is 1. The highest BCUT2D eigenvalue weighted by atomic mass is 14.9. The largest absolute Gasteiger partial charge is 0.313 e. The molecule has 1 aromatic carbocycles. The zero-order valence-corrected chi connectivity index (χ0v) is 9.71. The Morgan fingerprint density at radius 2 is 2.12 bits per heavy atom. The number of hydrogen-bond donors (Lipinski definition) is 1. The zero-order chi connectivity index (χ0) is 10.8. The van der Waals surface area contributed by atoms with Gasteiger partial charge in [-0.05, 0) is 43.4 Å². The standard InChI is InChI=1S/C15H19N/c1-2-7-15-13(4-1)5-3-6-14(15)10-12-8-9-16-11-12/h1-2,4,7,10,14,16H,3,5-6,8-9,11H2/b12-10-. The second-order valence-corrected chi connectivity index (χ2v) is 4.95. The van der Waals surface area contributed by atoms with Crippen molar-refractivity contribution in [2.75, 3.05) is 13.1 Å². The van der Waals surface area contributed by atoms with E-state index in [-0.39, 0.29) is 0 Å². The summed E-state index contributed by atoms with van der Waals surface area (Å²) in [6.45, 7) is 2.28. The fourth-order valence-electron chi connectivity index (χ4n) is 2.98. The van der Waals surface area contributed by atoms with Gasteiger partial charge < -0.3 is 5.32 Å². The summed E-state index contributed by atoms with van der Waals surface area (Å²) in [6, 6.07) is 8.97. The molecule has 0 aromatic heterocycles. The minimum atomic E-state index is 0.680. The number of rotatable bonds is 1. The molecule has 0 bridgehead atoms. The summed E-state index contributed by atoms with van der Waals surface area (Å²) in [5, 5.41) is 3.42. The molecule has 1 N–H and O–H groups in total. The van der Waals surface area contributed by atoms with Crippen LogP contribution >= 0.6 is 0 Å². The third kappa shape index (κ3) is 1.92. The lowest BCUT2D eigenvalue weighted by atomic mass is 9.82. The maximum Gasteiger partial charge on any atom is 0.0165 e. The smallest absolute Gasteiger partial charge is 0.0165 e. The van der Waals surface area contributed by atoms with Gasteiger partial charge in [0.15, 0.2) is 0 Å². The zero-order valence-electron chi connectivity index (χ0n) is 9.71. The van der Waals surface area contributed by atoms with Crippen molar-refractivity contribution in [1.29, 1.82) is 0 Å². The van der Waals surface area contributed by atoms with Gasteiger partial charge in [-0.2, -0.15) is 0 Å². The lowest BCUT2D eigenvalue weighted by Gasteiger charge is -2.23. The first-order valence-corrected chi connectivity index (χ1v) is 6.41. The molecule has 84 valence electrons. The van der Waals surface area contributed by atoms with Crippen molar-refractivity contribution >= 4 is 0 Å². The molecule has 0 radical (unpaired) electrons. The van der Waals surface area contributed by atoms with Gasteiger partial charge in [-0.1, -0.05) is 35.9 Å². The normalized spacial score (nSPS) is 27.0. The van der Waals surface area contributed by atoms with Crippen LogP contribution in [0.3, 0.4) is 0 Å². The molecule has 0 spiro atoms. The molecule has 0 saturated carbocycles. The minimum Gasteiger partial charge on any atom is -0.313 e. The summed E-state index contributed by atoms with van der Waals surface area (Å²) in [4.78, 5) is 0. The number of aryl methyl sites for hydroxylation is 1. The number of fused-ring (bicyclic) bond motifs is 1. The molecule has 1 atom stereocenters. The lowest BCUT2D eigenvalue weighted by Crippen LogP contribution is -2.09. The Morgan fingerprint density at radius 1 is 1.19 bits per heavy atom. The molecule has 1 unspecified atom stereocenters. The molecule has 16 heavy (non-hydrogen) atoms. The van der Waals surface area contributed by atoms with Crippen LogP contribution in [0.2, 0.25) is 0 Å². The van der Waals surface area contributed by atoms with Gasteiger partial charge in [0.05, 0.1) is 0 Å². The Kier molecular flexibility index (Phi) is 2.79. The summed E-state index contributed by atoms with van der Waals surface area (Å²) < 4.78 is 0. The molecule has 0 amide bonds. The maximum absolute atomic E-state index is 3.42. The van der Waals surface area contributed by atoms with E-state index in [9.17, 15) is 0 Å². The topological polar surface area (TPSA) is 12.0 Å². The molecule has 2 aliphatic rings. The Morgan fingerprint density at radius 3 is 3.00 bits per heavy atom. The first-order chi connectivity index (χ1) is 7.93. The van der Waals surface area contributed by atoms with Crippen LogP contribution in [0.1, 0.15) is 36.3 Å². The molecular formula is C15H19N. The van der Waals surface area contributed by atoms with Gasteiger partial charge in [0.2, 0.25) is 0 Å². The molecule has 1 nitrogen and oxygen atoms in total. The highest BCUT2D eigenvalue weighted by Gasteiger charge is 2.18. The average Bonchev–Trinajstić information content (AvgIpc) is 2.82. The van der Waals surface area contributed by atoms with Crippen LogP contribution in [0, 0.1) is 0 Å². The van der Waals surface area contributed by atoms with E-state index < -0.39 is 0 Å². The number of allylic oxidation sites excluding steroid dienone is 1. The highest BCUT2D eigenvalue weighted by molar-refractivity contribution is 5.36. The molecule has 3 rings (SSSR count). The summed E-state index contributed by atoms with van der Waals surface area (Å²) in [5.41, 5.74) is 4.76. The van der Waals surface area contributed by atoms with E-state index in [1.807, 2.05) is 0 Å². The fourth-order valence-corrected chi connectivity index (χ4v) is 2.98. The van der Waals surface area contributed by atoms with Crippen molar-refractivity contribution in [2.24, 2.45) is 0 Å². The van der Waals surface area contributed by atoms with E-state index in [0.29, 0.717) is 5.92 Å². The summed E-state index contributed by atoms with van der Waals surface area (Å²) in [5.74, 6) is 0.680. The Bertz CT molecular complexity index is 398. The lowest BCUT2D eigenvalue weighted by molar-refractivity contribution is 0.626. The van der Waals surface area contributed by atoms with Crippen molar-refractivity contribution in [3.05, 3.63) is 47.0 Å². The van der Waals surface area contributed by atoms with E-state index in [1.54, 1.807) is 16.7 Å². The molecule has 1 saturated heterocycles. The van der Waals surface area contributed by atoms with Crippen LogP contribution in [0.5, 0.6) is 0 Å². The van der Waals surface area contributed by atoms with E-state index in [0.717, 1.165) is 6.54 Å². The van der Waals surface area contributed by atoms with Crippen LogP contribution in [0.25, 0.3) is 0 Å². The minimum absolute atomic E-state index is 0.680. The molecule has 1 aliphatic carbocycles. The van der Waals surface area contributed by atoms with Crippen molar-refractivity contribution in [3.8, 4) is 0 Å². The monoisotopic (exact) mass is 213 g/mol. The van der Waals surface area contributed by atoms with Crippen LogP contribution in [-0.4, -0.2) is 13.1 Å². The van der Waals surface area contributed by atoms with Gasteiger partial charge in [-0.15, -0.1) is 0 Å². The van der Waals surface area contributed by atoms with E-state index >= 15 is 0 Å². The van der Waals surface area contributed by atoms with Crippen molar-refractivity contribution in [1.82, 2.24) is 5.32 Å². The van der Waals surface area contributed by atoms with Crippen molar-refractivity contribution < 1.29 is 0 Å². The van der Waals surface area contributed by atoms with Gasteiger partial charge in [0.1, 0.15) is 0 Å². The van der Waals surface area contributed by atoms with Gasteiger partial charge in [0.25, 0.3) is 0 Å². The van der Waals surface area contributed by atoms with E-state index in [2.05, 4.69) is 35.7 Å². The predicted molar refractivity (Wildman–Crippen MR) is 67.7 cm³/mol. The third-order valence-corrected chi connectivity index (χ3v) is 3.83. The van der Waals surface area contributed by atoms with Gasteiger partial charge >= 0.3 is 0 Å². The second-order valence-electron chi connectivity index (χ2n) is 4.95. The number of hydrogen-bond acceptors (Lipinski definition) is 1. The molecular weight excluding hydrogens is 194 g/mol. The molecule has 1 aromatic rings. The van der Waals surface area contributed by atoms with Crippen LogP contribution in [-0.2, 0) is 6.42 Å². The summed E-state index contributed by atoms with van der Waals surface area (Å²) >= 11 is 0. The molecule has 1 heterocycles. The van der Waals surface area contributed by atoms with E-state index in [4.69, 9.17) is 0 Å². The average molecular weight is 213 g/mol. The molecule has 1 heteroatoms. The van der Waals surface area contributed by atoms with Gasteiger partial charge in [0, 0.05) is 12.5 Å². The molecule has 1 fully saturated rings. The summed E-state index contributed by atoms with van der Waals surface area (Å²) in [6.07, 6.45) is 7.73. The first-order valence-electron chi connectivity index (χ1n) is 6.41. The van der Waals surface area contributed by atoms with E-state index in [1.165, 1.54) is 32.2 Å². The van der Waals surface area contributed by atoms with Crippen molar-refractivity contribution in [3.63, 3.8) is 0 Å². The first kappa shape index (κ1) is 10.1. The Balaban J connectivity index is 1.89. The third-order valence-electron chi connectivity index (χ3n) is 3.83. The summed E-state index contributed by atoms with van der Waals surface area (Å²) in [7, 11) is 0. The predicted octanol–water partition coefficient (Wildman–Crippen LogP) is 3.03. The van der Waals surface area contributed by atoms with Gasteiger partial charge in [-0.3, -0.25) is 0 Å². The quantitative estimate of drug-likeness (QED) is 0.707. The Labute approximate surface area is 97.6 Å². The fraction of sp³-hybridized carbons (Fsp3) is 0.467. The van der Waals surface area contributed by atoms with Crippen molar-refractivity contribution in [2.45, 2.75) is 31.6 Å². The van der Waals surface area contributed by atoms with Crippen LogP contribution < -0.4 is 5.32 Å². The van der Waals surface area contributed by atoms with Crippen LogP contribution in [0.15, 0.2) is 35.9 Å². The SMILES string of the molecule is C(=C1\CCNC1)/C1CCCc2ccccc21. The maximum atomic E-state index is 3.42.